The van der Waals surface area contributed by atoms with Crippen LogP contribution in [0, 0.1) is 13.8 Å². The minimum Gasteiger partial charge on any atom is -0.473 e. The van der Waals surface area contributed by atoms with Crippen LogP contribution in [-0.4, -0.2) is 16.0 Å². The van der Waals surface area contributed by atoms with Crippen LogP contribution in [0.2, 0.25) is 0 Å². The van der Waals surface area contributed by atoms with Crippen molar-refractivity contribution in [1.82, 2.24) is 15.5 Å². The second kappa shape index (κ2) is 7.61. The topological polar surface area (TPSA) is 77.3 Å². The van der Waals surface area contributed by atoms with Crippen LogP contribution in [0.3, 0.4) is 0 Å². The third kappa shape index (κ3) is 4.23. The third-order valence-electron chi connectivity index (χ3n) is 3.83. The molecule has 6 nitrogen and oxygen atoms in total. The van der Waals surface area contributed by atoms with E-state index in [9.17, 15) is 4.79 Å². The van der Waals surface area contributed by atoms with Crippen LogP contribution in [0.4, 0.5) is 0 Å². The molecule has 128 valence electrons. The molecule has 3 aromatic rings. The van der Waals surface area contributed by atoms with Crippen molar-refractivity contribution in [2.24, 2.45) is 0 Å². The molecule has 1 aromatic carbocycles. The lowest BCUT2D eigenvalue weighted by atomic mass is 10.2. The molecule has 25 heavy (non-hydrogen) atoms. The number of ether oxygens (including phenoxy) is 1. The summed E-state index contributed by atoms with van der Waals surface area (Å²) in [4.78, 5) is 16.5. The van der Waals surface area contributed by atoms with E-state index in [2.05, 4.69) is 15.5 Å². The van der Waals surface area contributed by atoms with Gasteiger partial charge in [0.25, 0.3) is 5.91 Å². The molecule has 2 aromatic heterocycles. The fraction of sp³-hybridized carbons (Fsp3) is 0.211. The van der Waals surface area contributed by atoms with Crippen molar-refractivity contribution in [1.29, 1.82) is 0 Å². The molecule has 0 saturated heterocycles. The van der Waals surface area contributed by atoms with E-state index >= 15 is 0 Å². The van der Waals surface area contributed by atoms with E-state index in [0.717, 1.165) is 16.8 Å². The van der Waals surface area contributed by atoms with E-state index in [0.29, 0.717) is 30.4 Å². The maximum atomic E-state index is 12.3. The summed E-state index contributed by atoms with van der Waals surface area (Å²) in [7, 11) is 0. The zero-order valence-electron chi connectivity index (χ0n) is 14.2. The predicted octanol–water partition coefficient (Wildman–Crippen LogP) is 3.20. The lowest BCUT2D eigenvalue weighted by Crippen LogP contribution is -2.23. The first-order valence-corrected chi connectivity index (χ1v) is 7.96. The monoisotopic (exact) mass is 337 g/mol. The van der Waals surface area contributed by atoms with Gasteiger partial charge in [0.15, 0.2) is 0 Å². The molecule has 0 bridgehead atoms. The van der Waals surface area contributed by atoms with Gasteiger partial charge < -0.3 is 14.6 Å². The number of pyridine rings is 1. The number of amides is 1. The minimum atomic E-state index is -0.202. The highest BCUT2D eigenvalue weighted by atomic mass is 16.5. The highest BCUT2D eigenvalue weighted by molar-refractivity contribution is 5.94. The summed E-state index contributed by atoms with van der Waals surface area (Å²) < 4.78 is 10.8. The molecule has 0 fully saturated rings. The Balaban J connectivity index is 1.61. The Bertz CT molecular complexity index is 840. The van der Waals surface area contributed by atoms with Gasteiger partial charge in [0.05, 0.1) is 5.69 Å². The van der Waals surface area contributed by atoms with Crippen LogP contribution in [0.25, 0.3) is 0 Å². The van der Waals surface area contributed by atoms with Gasteiger partial charge in [-0.25, -0.2) is 4.98 Å². The summed E-state index contributed by atoms with van der Waals surface area (Å²) >= 11 is 0. The summed E-state index contributed by atoms with van der Waals surface area (Å²) in [6, 6.07) is 13.1. The Kier molecular flexibility index (Phi) is 5.09. The fourth-order valence-electron chi connectivity index (χ4n) is 2.39. The number of aryl methyl sites for hydroxylation is 2. The molecule has 0 aliphatic carbocycles. The quantitative estimate of drug-likeness (QED) is 0.747. The van der Waals surface area contributed by atoms with Crippen molar-refractivity contribution >= 4 is 5.91 Å². The largest absolute Gasteiger partial charge is 0.473 e. The Labute approximate surface area is 145 Å². The van der Waals surface area contributed by atoms with Gasteiger partial charge in [0.1, 0.15) is 12.4 Å². The van der Waals surface area contributed by atoms with E-state index < -0.39 is 0 Å². The van der Waals surface area contributed by atoms with Crippen molar-refractivity contribution in [2.75, 3.05) is 0 Å². The number of rotatable bonds is 6. The molecule has 0 saturated carbocycles. The molecular formula is C19H19N3O3. The normalized spacial score (nSPS) is 10.5. The second-order valence-corrected chi connectivity index (χ2v) is 5.64. The van der Waals surface area contributed by atoms with Gasteiger partial charge in [0, 0.05) is 29.9 Å². The smallest absolute Gasteiger partial charge is 0.251 e. The molecule has 0 aliphatic heterocycles. The Morgan fingerprint density at radius 1 is 1.20 bits per heavy atom. The Morgan fingerprint density at radius 2 is 2.00 bits per heavy atom. The van der Waals surface area contributed by atoms with Crippen LogP contribution < -0.4 is 10.1 Å². The average molecular weight is 337 g/mol. The van der Waals surface area contributed by atoms with E-state index in [1.807, 2.05) is 44.2 Å². The summed E-state index contributed by atoms with van der Waals surface area (Å²) in [5.74, 6) is 0.917. The molecule has 0 spiro atoms. The molecule has 6 heteroatoms. The van der Waals surface area contributed by atoms with Crippen molar-refractivity contribution in [3.8, 4) is 5.88 Å². The van der Waals surface area contributed by atoms with Crippen LogP contribution in [0.1, 0.15) is 32.9 Å². The standard InChI is InChI=1S/C19H19N3O3/c1-13-17(14(2)25-22-13)11-21-19(23)16-8-9-20-18(10-16)24-12-15-6-4-3-5-7-15/h3-10H,11-12H2,1-2H3,(H,21,23). The number of nitrogens with zero attached hydrogens (tertiary/aromatic N) is 2. The molecule has 3 rings (SSSR count). The third-order valence-corrected chi connectivity index (χ3v) is 3.83. The lowest BCUT2D eigenvalue weighted by molar-refractivity contribution is 0.0950. The summed E-state index contributed by atoms with van der Waals surface area (Å²) in [5.41, 5.74) is 3.20. The summed E-state index contributed by atoms with van der Waals surface area (Å²) in [6.45, 7) is 4.43. The first kappa shape index (κ1) is 16.7. The predicted molar refractivity (Wildman–Crippen MR) is 92.2 cm³/mol. The molecule has 2 heterocycles. The summed E-state index contributed by atoms with van der Waals surface area (Å²) in [6.07, 6.45) is 1.56. The number of carbonyl (C=O) groups excluding carboxylic acids is 1. The molecule has 0 aliphatic rings. The van der Waals surface area contributed by atoms with E-state index in [1.54, 1.807) is 18.3 Å². The zero-order valence-corrected chi connectivity index (χ0v) is 14.2. The van der Waals surface area contributed by atoms with E-state index in [1.165, 1.54) is 0 Å². The van der Waals surface area contributed by atoms with Gasteiger partial charge >= 0.3 is 0 Å². The van der Waals surface area contributed by atoms with Crippen molar-refractivity contribution in [2.45, 2.75) is 27.0 Å². The molecule has 0 unspecified atom stereocenters. The van der Waals surface area contributed by atoms with E-state index in [-0.39, 0.29) is 5.91 Å². The van der Waals surface area contributed by atoms with Gasteiger partial charge in [0.2, 0.25) is 5.88 Å². The van der Waals surface area contributed by atoms with Crippen molar-refractivity contribution in [3.63, 3.8) is 0 Å². The molecule has 0 atom stereocenters. The summed E-state index contributed by atoms with van der Waals surface area (Å²) in [5, 5.41) is 6.74. The fourth-order valence-corrected chi connectivity index (χ4v) is 2.39. The van der Waals surface area contributed by atoms with Gasteiger partial charge in [-0.2, -0.15) is 0 Å². The lowest BCUT2D eigenvalue weighted by Gasteiger charge is -2.08. The molecular weight excluding hydrogens is 318 g/mol. The van der Waals surface area contributed by atoms with Crippen molar-refractivity contribution < 1.29 is 14.1 Å². The molecule has 0 radical (unpaired) electrons. The number of nitrogens with one attached hydrogen (secondary N) is 1. The number of hydrogen-bond acceptors (Lipinski definition) is 5. The molecule has 1 amide bonds. The number of aromatic nitrogens is 2. The average Bonchev–Trinajstić information content (AvgIpc) is 2.97. The highest BCUT2D eigenvalue weighted by Crippen LogP contribution is 2.14. The van der Waals surface area contributed by atoms with Crippen LogP contribution >= 0.6 is 0 Å². The Hall–Kier alpha value is -3.15. The minimum absolute atomic E-state index is 0.202. The molecule has 1 N–H and O–H groups in total. The SMILES string of the molecule is Cc1noc(C)c1CNC(=O)c1ccnc(OCc2ccccc2)c1. The van der Waals surface area contributed by atoms with E-state index in [4.69, 9.17) is 9.26 Å². The van der Waals surface area contributed by atoms with Gasteiger partial charge in [-0.15, -0.1) is 0 Å². The zero-order chi connectivity index (χ0) is 17.6. The maximum absolute atomic E-state index is 12.3. The van der Waals surface area contributed by atoms with Gasteiger partial charge in [-0.05, 0) is 25.5 Å². The van der Waals surface area contributed by atoms with Crippen molar-refractivity contribution in [3.05, 3.63) is 76.8 Å². The first-order chi connectivity index (χ1) is 12.1. The maximum Gasteiger partial charge on any atom is 0.251 e. The van der Waals surface area contributed by atoms with Crippen LogP contribution in [0.15, 0.2) is 53.2 Å². The van der Waals surface area contributed by atoms with Crippen LogP contribution in [0.5, 0.6) is 5.88 Å². The van der Waals surface area contributed by atoms with Gasteiger partial charge in [-0.3, -0.25) is 4.79 Å². The second-order valence-electron chi connectivity index (χ2n) is 5.64. The highest BCUT2D eigenvalue weighted by Gasteiger charge is 2.12. The Morgan fingerprint density at radius 3 is 2.72 bits per heavy atom. The first-order valence-electron chi connectivity index (χ1n) is 7.96. The number of carbonyl (C=O) groups is 1. The number of hydrogen-bond donors (Lipinski definition) is 1. The van der Waals surface area contributed by atoms with Crippen LogP contribution in [-0.2, 0) is 13.2 Å². The number of benzene rings is 1. The van der Waals surface area contributed by atoms with Gasteiger partial charge in [-0.1, -0.05) is 35.5 Å².